The molecule has 0 bridgehead atoms. The number of para-hydroxylation sites is 2. The average molecular weight is 301 g/mol. The van der Waals surface area contributed by atoms with Crippen LogP contribution in [-0.2, 0) is 13.5 Å². The maximum Gasteiger partial charge on any atom is 0.335 e. The summed E-state index contributed by atoms with van der Waals surface area (Å²) in [4.78, 5) is 15.6. The molecule has 3 aromatic rings. The van der Waals surface area contributed by atoms with Gasteiger partial charge in [0.15, 0.2) is 0 Å². The Morgan fingerprint density at radius 2 is 2.05 bits per heavy atom. The Kier molecular flexibility index (Phi) is 3.39. The number of hydrogen-bond donors (Lipinski definition) is 1. The lowest BCUT2D eigenvalue weighted by atomic mass is 10.1. The molecule has 0 unspecified atom stereocenters. The lowest BCUT2D eigenvalue weighted by molar-refractivity contribution is 0.0697. The monoisotopic (exact) mass is 300 g/mol. The molecule has 0 saturated carbocycles. The quantitative estimate of drug-likeness (QED) is 0.805. The fourth-order valence-corrected chi connectivity index (χ4v) is 2.55. The molecule has 0 aliphatic carbocycles. The third-order valence-electron chi connectivity index (χ3n) is 3.52. The Hall–Kier alpha value is -2.33. The van der Waals surface area contributed by atoms with E-state index in [4.69, 9.17) is 16.7 Å². The highest BCUT2D eigenvalue weighted by Crippen LogP contribution is 2.23. The van der Waals surface area contributed by atoms with Gasteiger partial charge in [0.2, 0.25) is 0 Å². The van der Waals surface area contributed by atoms with Crippen LogP contribution in [-0.4, -0.2) is 20.6 Å². The van der Waals surface area contributed by atoms with E-state index in [2.05, 4.69) is 4.98 Å². The van der Waals surface area contributed by atoms with E-state index in [1.165, 1.54) is 6.07 Å². The van der Waals surface area contributed by atoms with E-state index in [-0.39, 0.29) is 5.56 Å². The van der Waals surface area contributed by atoms with Gasteiger partial charge in [-0.2, -0.15) is 0 Å². The summed E-state index contributed by atoms with van der Waals surface area (Å²) < 4.78 is 2.00. The Bertz CT molecular complexity index is 839. The number of aromatic carboxylic acids is 1. The van der Waals surface area contributed by atoms with Crippen LogP contribution in [0.2, 0.25) is 5.02 Å². The van der Waals surface area contributed by atoms with Gasteiger partial charge in [-0.25, -0.2) is 9.78 Å². The van der Waals surface area contributed by atoms with E-state index >= 15 is 0 Å². The summed E-state index contributed by atoms with van der Waals surface area (Å²) in [5.41, 5.74) is 2.95. The predicted octanol–water partition coefficient (Wildman–Crippen LogP) is 3.52. The molecule has 21 heavy (non-hydrogen) atoms. The minimum Gasteiger partial charge on any atom is -0.478 e. The molecular formula is C16H13ClN2O2. The molecule has 0 aliphatic rings. The molecule has 0 radical (unpaired) electrons. The van der Waals surface area contributed by atoms with Crippen LogP contribution in [0.1, 0.15) is 21.7 Å². The van der Waals surface area contributed by atoms with Crippen LogP contribution >= 0.6 is 11.6 Å². The first-order valence-electron chi connectivity index (χ1n) is 6.48. The molecule has 1 heterocycles. The maximum absolute atomic E-state index is 11.1. The number of benzene rings is 2. The van der Waals surface area contributed by atoms with Crippen molar-refractivity contribution in [3.63, 3.8) is 0 Å². The molecule has 0 amide bonds. The number of aryl methyl sites for hydroxylation is 1. The van der Waals surface area contributed by atoms with Crippen molar-refractivity contribution in [2.75, 3.05) is 0 Å². The van der Waals surface area contributed by atoms with E-state index in [1.807, 2.05) is 35.9 Å². The first-order valence-corrected chi connectivity index (χ1v) is 6.86. The summed E-state index contributed by atoms with van der Waals surface area (Å²) in [7, 11) is 1.94. The van der Waals surface area contributed by atoms with Crippen molar-refractivity contribution in [2.45, 2.75) is 6.42 Å². The standard InChI is InChI=1S/C16H13ClN2O2/c1-19-14-5-3-2-4-13(14)18-15(19)9-11-8-10(16(20)21)6-7-12(11)17/h2-8H,9H2,1H3,(H,20,21). The molecule has 0 aliphatic heterocycles. The molecule has 106 valence electrons. The van der Waals surface area contributed by atoms with Gasteiger partial charge in [0, 0.05) is 18.5 Å². The van der Waals surface area contributed by atoms with Crippen molar-refractivity contribution < 1.29 is 9.90 Å². The van der Waals surface area contributed by atoms with Gasteiger partial charge in [0.1, 0.15) is 5.82 Å². The van der Waals surface area contributed by atoms with Crippen molar-refractivity contribution in [1.29, 1.82) is 0 Å². The van der Waals surface area contributed by atoms with E-state index in [9.17, 15) is 4.79 Å². The van der Waals surface area contributed by atoms with Gasteiger partial charge < -0.3 is 9.67 Å². The Labute approximate surface area is 126 Å². The van der Waals surface area contributed by atoms with Gasteiger partial charge in [0.05, 0.1) is 16.6 Å². The van der Waals surface area contributed by atoms with Crippen molar-refractivity contribution in [3.8, 4) is 0 Å². The maximum atomic E-state index is 11.1. The summed E-state index contributed by atoms with van der Waals surface area (Å²) >= 11 is 6.17. The van der Waals surface area contributed by atoms with Gasteiger partial charge in [-0.15, -0.1) is 0 Å². The third kappa shape index (κ3) is 2.50. The van der Waals surface area contributed by atoms with Gasteiger partial charge in [0.25, 0.3) is 0 Å². The number of halogens is 1. The lowest BCUT2D eigenvalue weighted by Crippen LogP contribution is -2.02. The van der Waals surface area contributed by atoms with Crippen LogP contribution in [0.5, 0.6) is 0 Å². The Morgan fingerprint density at radius 1 is 1.29 bits per heavy atom. The molecule has 0 saturated heterocycles. The van der Waals surface area contributed by atoms with Crippen molar-refractivity contribution in [3.05, 3.63) is 64.4 Å². The zero-order chi connectivity index (χ0) is 15.0. The van der Waals surface area contributed by atoms with Crippen LogP contribution in [0.4, 0.5) is 0 Å². The molecular weight excluding hydrogens is 288 g/mol. The van der Waals surface area contributed by atoms with Gasteiger partial charge in [-0.05, 0) is 35.9 Å². The number of carboxylic acid groups (broad SMARTS) is 1. The first-order chi connectivity index (χ1) is 10.1. The van der Waals surface area contributed by atoms with E-state index < -0.39 is 5.97 Å². The SMILES string of the molecule is Cn1c(Cc2cc(C(=O)O)ccc2Cl)nc2ccccc21. The number of hydrogen-bond acceptors (Lipinski definition) is 2. The number of imidazole rings is 1. The second-order valence-electron chi connectivity index (χ2n) is 4.86. The summed E-state index contributed by atoms with van der Waals surface area (Å²) in [6.45, 7) is 0. The lowest BCUT2D eigenvalue weighted by Gasteiger charge is -2.06. The summed E-state index contributed by atoms with van der Waals surface area (Å²) in [5, 5.41) is 9.62. The van der Waals surface area contributed by atoms with Gasteiger partial charge in [-0.3, -0.25) is 0 Å². The number of carboxylic acids is 1. The number of fused-ring (bicyclic) bond motifs is 1. The fourth-order valence-electron chi connectivity index (χ4n) is 2.37. The molecule has 1 N–H and O–H groups in total. The Balaban J connectivity index is 2.04. The van der Waals surface area contributed by atoms with Gasteiger partial charge in [-0.1, -0.05) is 23.7 Å². The van der Waals surface area contributed by atoms with Crippen molar-refractivity contribution in [2.24, 2.45) is 7.05 Å². The number of carbonyl (C=O) groups is 1. The predicted molar refractivity (Wildman–Crippen MR) is 81.9 cm³/mol. The normalized spacial score (nSPS) is 11.0. The topological polar surface area (TPSA) is 55.1 Å². The molecule has 2 aromatic carbocycles. The van der Waals surface area contributed by atoms with Crippen LogP contribution < -0.4 is 0 Å². The fraction of sp³-hybridized carbons (Fsp3) is 0.125. The molecule has 3 rings (SSSR count). The molecule has 4 nitrogen and oxygen atoms in total. The van der Waals surface area contributed by atoms with Crippen LogP contribution in [0, 0.1) is 0 Å². The zero-order valence-electron chi connectivity index (χ0n) is 11.4. The number of aromatic nitrogens is 2. The third-order valence-corrected chi connectivity index (χ3v) is 3.89. The summed E-state index contributed by atoms with van der Waals surface area (Å²) in [5.74, 6) is -0.112. The molecule has 0 atom stereocenters. The number of nitrogens with zero attached hydrogens (tertiary/aromatic N) is 2. The highest BCUT2D eigenvalue weighted by atomic mass is 35.5. The smallest absolute Gasteiger partial charge is 0.335 e. The second kappa shape index (κ2) is 5.22. The molecule has 1 aromatic heterocycles. The molecule has 5 heteroatoms. The van der Waals surface area contributed by atoms with Crippen molar-refractivity contribution in [1.82, 2.24) is 9.55 Å². The van der Waals surface area contributed by atoms with Crippen LogP contribution in [0.3, 0.4) is 0 Å². The first kappa shape index (κ1) is 13.6. The van der Waals surface area contributed by atoms with E-state index in [0.717, 1.165) is 22.4 Å². The molecule has 0 spiro atoms. The van der Waals surface area contributed by atoms with Crippen LogP contribution in [0.25, 0.3) is 11.0 Å². The summed E-state index contributed by atoms with van der Waals surface area (Å²) in [6, 6.07) is 12.6. The highest BCUT2D eigenvalue weighted by Gasteiger charge is 2.12. The molecule has 0 fully saturated rings. The van der Waals surface area contributed by atoms with E-state index in [1.54, 1.807) is 12.1 Å². The van der Waals surface area contributed by atoms with Gasteiger partial charge >= 0.3 is 5.97 Å². The van der Waals surface area contributed by atoms with Crippen molar-refractivity contribution >= 4 is 28.6 Å². The summed E-state index contributed by atoms with van der Waals surface area (Å²) in [6.07, 6.45) is 0.491. The van der Waals surface area contributed by atoms with E-state index in [0.29, 0.717) is 11.4 Å². The highest BCUT2D eigenvalue weighted by molar-refractivity contribution is 6.31. The van der Waals surface area contributed by atoms with Crippen LogP contribution in [0.15, 0.2) is 42.5 Å². The zero-order valence-corrected chi connectivity index (χ0v) is 12.1. The number of rotatable bonds is 3. The average Bonchev–Trinajstić information content (AvgIpc) is 2.78. The second-order valence-corrected chi connectivity index (χ2v) is 5.27. The minimum absolute atomic E-state index is 0.230. The largest absolute Gasteiger partial charge is 0.478 e. The minimum atomic E-state index is -0.960. The Morgan fingerprint density at radius 3 is 2.76 bits per heavy atom.